The van der Waals surface area contributed by atoms with Crippen molar-refractivity contribution in [2.75, 3.05) is 5.32 Å². The molecule has 2 amide bonds. The molecule has 14 heavy (non-hydrogen) atoms. The Labute approximate surface area is 79.1 Å². The number of nitrogens with one attached hydrogen (secondary N) is 2. The molecule has 0 atom stereocenters. The monoisotopic (exact) mass is 196 g/mol. The van der Waals surface area contributed by atoms with Gasteiger partial charge in [-0.1, -0.05) is 12.1 Å². The first-order chi connectivity index (χ1) is 6.65. The molecule has 0 spiro atoms. The van der Waals surface area contributed by atoms with Crippen LogP contribution in [-0.4, -0.2) is 22.3 Å². The molecule has 0 fully saturated rings. The second-order valence-corrected chi connectivity index (χ2v) is 2.42. The highest BCUT2D eigenvalue weighted by molar-refractivity contribution is 5.99. The number of urea groups is 1. The van der Waals surface area contributed by atoms with Gasteiger partial charge >= 0.3 is 12.0 Å². The zero-order valence-electron chi connectivity index (χ0n) is 7.02. The predicted octanol–water partition coefficient (Wildman–Crippen LogP) is 0.896. The molecule has 0 aromatic heterocycles. The quantitative estimate of drug-likeness (QED) is 0.417. The number of hydroxylamine groups is 1. The maximum Gasteiger partial charge on any atom is 0.342 e. The van der Waals surface area contributed by atoms with Gasteiger partial charge in [0.2, 0.25) is 0 Å². The Kier molecular flexibility index (Phi) is 3.03. The molecule has 0 unspecified atom stereocenters. The minimum atomic E-state index is -1.15. The molecule has 0 radical (unpaired) electrons. The summed E-state index contributed by atoms with van der Waals surface area (Å²) in [5, 5.41) is 19.1. The molecule has 0 saturated heterocycles. The number of carbonyl (C=O) groups is 2. The number of carboxylic acid groups (broad SMARTS) is 1. The zero-order valence-corrected chi connectivity index (χ0v) is 7.02. The van der Waals surface area contributed by atoms with Gasteiger partial charge in [-0.2, -0.15) is 0 Å². The van der Waals surface area contributed by atoms with Crippen molar-refractivity contribution in [1.29, 1.82) is 0 Å². The van der Waals surface area contributed by atoms with E-state index in [-0.39, 0.29) is 11.3 Å². The number of carboxylic acids is 1. The third-order valence-electron chi connectivity index (χ3n) is 1.51. The van der Waals surface area contributed by atoms with E-state index in [9.17, 15) is 9.59 Å². The van der Waals surface area contributed by atoms with Crippen LogP contribution in [0.5, 0.6) is 0 Å². The number of rotatable bonds is 2. The number of anilines is 1. The first-order valence-electron chi connectivity index (χ1n) is 3.68. The molecule has 0 aliphatic carbocycles. The summed E-state index contributed by atoms with van der Waals surface area (Å²) in [4.78, 5) is 21.3. The van der Waals surface area contributed by atoms with Gasteiger partial charge in [-0.05, 0) is 12.1 Å². The van der Waals surface area contributed by atoms with E-state index in [0.29, 0.717) is 0 Å². The van der Waals surface area contributed by atoms with Crippen molar-refractivity contribution in [1.82, 2.24) is 5.48 Å². The lowest BCUT2D eigenvalue weighted by molar-refractivity contribution is 0.0698. The summed E-state index contributed by atoms with van der Waals surface area (Å²) in [5.41, 5.74) is 1.41. The highest BCUT2D eigenvalue weighted by Gasteiger charge is 2.10. The van der Waals surface area contributed by atoms with Gasteiger partial charge in [-0.15, -0.1) is 0 Å². The summed E-state index contributed by atoms with van der Waals surface area (Å²) in [5.74, 6) is -1.15. The smallest absolute Gasteiger partial charge is 0.342 e. The first kappa shape index (κ1) is 10.0. The third kappa shape index (κ3) is 2.20. The lowest BCUT2D eigenvalue weighted by Crippen LogP contribution is -2.26. The Morgan fingerprint density at radius 3 is 2.43 bits per heavy atom. The largest absolute Gasteiger partial charge is 0.478 e. The Hall–Kier alpha value is -2.08. The summed E-state index contributed by atoms with van der Waals surface area (Å²) in [6.45, 7) is 0. The molecular weight excluding hydrogens is 188 g/mol. The van der Waals surface area contributed by atoms with Crippen LogP contribution in [0.15, 0.2) is 24.3 Å². The molecule has 74 valence electrons. The average Bonchev–Trinajstić information content (AvgIpc) is 2.18. The predicted molar refractivity (Wildman–Crippen MR) is 47.3 cm³/mol. The molecule has 1 rings (SSSR count). The molecule has 0 bridgehead atoms. The minimum absolute atomic E-state index is 0.0453. The molecule has 1 aromatic carbocycles. The maximum absolute atomic E-state index is 10.7. The van der Waals surface area contributed by atoms with E-state index in [2.05, 4.69) is 5.32 Å². The van der Waals surface area contributed by atoms with Gasteiger partial charge in [0.15, 0.2) is 0 Å². The van der Waals surface area contributed by atoms with Gasteiger partial charge in [0.25, 0.3) is 0 Å². The van der Waals surface area contributed by atoms with Crippen LogP contribution in [0.4, 0.5) is 10.5 Å². The van der Waals surface area contributed by atoms with E-state index in [1.807, 2.05) is 0 Å². The SMILES string of the molecule is O=C(NO)Nc1ccccc1C(=O)O. The van der Waals surface area contributed by atoms with Gasteiger partial charge in [0.1, 0.15) is 0 Å². The lowest BCUT2D eigenvalue weighted by Gasteiger charge is -2.06. The fraction of sp³-hybridized carbons (Fsp3) is 0. The van der Waals surface area contributed by atoms with Crippen LogP contribution in [0.2, 0.25) is 0 Å². The Morgan fingerprint density at radius 2 is 1.86 bits per heavy atom. The molecule has 0 aliphatic heterocycles. The number of benzene rings is 1. The summed E-state index contributed by atoms with van der Waals surface area (Å²) in [6, 6.07) is 4.97. The van der Waals surface area contributed by atoms with Gasteiger partial charge < -0.3 is 10.4 Å². The highest BCUT2D eigenvalue weighted by Crippen LogP contribution is 2.14. The summed E-state index contributed by atoms with van der Waals surface area (Å²) >= 11 is 0. The summed E-state index contributed by atoms with van der Waals surface area (Å²) in [7, 11) is 0. The van der Waals surface area contributed by atoms with E-state index in [1.54, 1.807) is 6.07 Å². The Morgan fingerprint density at radius 1 is 1.21 bits per heavy atom. The van der Waals surface area contributed by atoms with Crippen molar-refractivity contribution >= 4 is 17.7 Å². The van der Waals surface area contributed by atoms with Gasteiger partial charge in [0, 0.05) is 0 Å². The zero-order chi connectivity index (χ0) is 10.6. The molecule has 0 heterocycles. The van der Waals surface area contributed by atoms with Crippen molar-refractivity contribution < 1.29 is 19.9 Å². The van der Waals surface area contributed by atoms with Crippen molar-refractivity contribution in [2.45, 2.75) is 0 Å². The van der Waals surface area contributed by atoms with Crippen molar-refractivity contribution in [2.24, 2.45) is 0 Å². The summed E-state index contributed by atoms with van der Waals surface area (Å²) < 4.78 is 0. The van der Waals surface area contributed by atoms with Crippen molar-refractivity contribution in [3.63, 3.8) is 0 Å². The number of hydrogen-bond donors (Lipinski definition) is 4. The van der Waals surface area contributed by atoms with Gasteiger partial charge in [0.05, 0.1) is 11.3 Å². The molecule has 0 aliphatic rings. The number of para-hydroxylation sites is 1. The molecule has 6 heteroatoms. The fourth-order valence-electron chi connectivity index (χ4n) is 0.929. The van der Waals surface area contributed by atoms with Crippen LogP contribution in [0.3, 0.4) is 0 Å². The number of hydrogen-bond acceptors (Lipinski definition) is 3. The molecule has 1 aromatic rings. The molecular formula is C8H8N2O4. The lowest BCUT2D eigenvalue weighted by atomic mass is 10.2. The minimum Gasteiger partial charge on any atom is -0.478 e. The van der Waals surface area contributed by atoms with Crippen LogP contribution in [0.1, 0.15) is 10.4 Å². The Balaban J connectivity index is 2.95. The number of amides is 2. The van der Waals surface area contributed by atoms with Crippen LogP contribution in [0.25, 0.3) is 0 Å². The van der Waals surface area contributed by atoms with Crippen LogP contribution in [-0.2, 0) is 0 Å². The van der Waals surface area contributed by atoms with Crippen LogP contribution >= 0.6 is 0 Å². The van der Waals surface area contributed by atoms with E-state index >= 15 is 0 Å². The van der Waals surface area contributed by atoms with E-state index in [0.717, 1.165) is 0 Å². The normalized spacial score (nSPS) is 9.21. The fourth-order valence-corrected chi connectivity index (χ4v) is 0.929. The third-order valence-corrected chi connectivity index (χ3v) is 1.51. The second-order valence-electron chi connectivity index (χ2n) is 2.42. The Bertz CT molecular complexity index is 364. The van der Waals surface area contributed by atoms with Crippen molar-refractivity contribution in [3.05, 3.63) is 29.8 Å². The number of aromatic carboxylic acids is 1. The average molecular weight is 196 g/mol. The second kappa shape index (κ2) is 4.24. The topological polar surface area (TPSA) is 98.7 Å². The van der Waals surface area contributed by atoms with Crippen molar-refractivity contribution in [3.8, 4) is 0 Å². The summed E-state index contributed by atoms with van der Waals surface area (Å²) in [6.07, 6.45) is 0. The van der Waals surface area contributed by atoms with E-state index in [4.69, 9.17) is 10.3 Å². The van der Waals surface area contributed by atoms with E-state index < -0.39 is 12.0 Å². The highest BCUT2D eigenvalue weighted by atomic mass is 16.5. The van der Waals surface area contributed by atoms with Crippen LogP contribution in [0, 0.1) is 0 Å². The van der Waals surface area contributed by atoms with Gasteiger partial charge in [-0.25, -0.2) is 15.1 Å². The standard InChI is InChI=1S/C8H8N2O4/c11-7(12)5-3-1-2-4-6(5)9-8(13)10-14/h1-4,14H,(H,11,12)(H2,9,10,13). The molecule has 0 saturated carbocycles. The molecule has 6 nitrogen and oxygen atoms in total. The van der Waals surface area contributed by atoms with Crippen LogP contribution < -0.4 is 10.8 Å². The van der Waals surface area contributed by atoms with E-state index in [1.165, 1.54) is 23.7 Å². The maximum atomic E-state index is 10.7. The molecule has 4 N–H and O–H groups in total. The first-order valence-corrected chi connectivity index (χ1v) is 3.68. The van der Waals surface area contributed by atoms with Gasteiger partial charge in [-0.3, -0.25) is 5.21 Å². The number of carbonyl (C=O) groups excluding carboxylic acids is 1.